The predicted molar refractivity (Wildman–Crippen MR) is 76.7 cm³/mol. The molecule has 92 valence electrons. The van der Waals surface area contributed by atoms with Crippen LogP contribution < -0.4 is 5.32 Å². The molecule has 0 radical (unpaired) electrons. The topological polar surface area (TPSA) is 12.0 Å². The summed E-state index contributed by atoms with van der Waals surface area (Å²) in [5.41, 5.74) is 3.61. The molecule has 0 aliphatic heterocycles. The Balaban J connectivity index is 1.75. The third-order valence-corrected chi connectivity index (χ3v) is 3.64. The highest BCUT2D eigenvalue weighted by Crippen LogP contribution is 2.27. The van der Waals surface area contributed by atoms with Crippen molar-refractivity contribution in [1.29, 1.82) is 0 Å². The molecule has 3 rings (SSSR count). The molecule has 0 unspecified atom stereocenters. The van der Waals surface area contributed by atoms with Gasteiger partial charge in [-0.05, 0) is 30.0 Å². The van der Waals surface area contributed by atoms with E-state index in [1.54, 1.807) is 0 Å². The van der Waals surface area contributed by atoms with Crippen molar-refractivity contribution in [3.63, 3.8) is 0 Å². The van der Waals surface area contributed by atoms with E-state index in [1.807, 2.05) is 18.2 Å². The van der Waals surface area contributed by atoms with Crippen LogP contribution in [0.3, 0.4) is 0 Å². The first kappa shape index (κ1) is 11.8. The molecular weight excluding hydrogens is 242 g/mol. The fourth-order valence-corrected chi connectivity index (χ4v) is 2.29. The van der Waals surface area contributed by atoms with Gasteiger partial charge in [0, 0.05) is 23.2 Å². The van der Waals surface area contributed by atoms with E-state index in [9.17, 15) is 0 Å². The minimum atomic E-state index is 0.758. The molecule has 1 fully saturated rings. The lowest BCUT2D eigenvalue weighted by molar-refractivity contribution is 0.688. The van der Waals surface area contributed by atoms with Gasteiger partial charge in [-0.2, -0.15) is 0 Å². The molecule has 0 bridgehead atoms. The smallest absolute Gasteiger partial charge is 0.0484 e. The van der Waals surface area contributed by atoms with Gasteiger partial charge in [0.15, 0.2) is 0 Å². The summed E-state index contributed by atoms with van der Waals surface area (Å²) in [6, 6.07) is 17.4. The molecule has 1 saturated carbocycles. The Morgan fingerprint density at radius 3 is 2.39 bits per heavy atom. The average Bonchev–Trinajstić information content (AvgIpc) is 3.22. The number of benzene rings is 2. The second-order valence-electron chi connectivity index (χ2n) is 4.83. The van der Waals surface area contributed by atoms with E-state index >= 15 is 0 Å². The molecule has 1 nitrogen and oxygen atoms in total. The number of hydrogen-bond acceptors (Lipinski definition) is 1. The summed E-state index contributed by atoms with van der Waals surface area (Å²) in [5.74, 6) is 0. The molecule has 0 spiro atoms. The average molecular weight is 258 g/mol. The Morgan fingerprint density at radius 2 is 1.72 bits per heavy atom. The van der Waals surface area contributed by atoms with E-state index in [2.05, 4.69) is 35.6 Å². The van der Waals surface area contributed by atoms with Crippen molar-refractivity contribution in [2.75, 3.05) is 0 Å². The van der Waals surface area contributed by atoms with Crippen LogP contribution in [0, 0.1) is 0 Å². The van der Waals surface area contributed by atoms with Crippen molar-refractivity contribution in [2.24, 2.45) is 0 Å². The molecule has 0 aromatic heterocycles. The van der Waals surface area contributed by atoms with Gasteiger partial charge in [-0.1, -0.05) is 54.1 Å². The fraction of sp³-hybridized carbons (Fsp3) is 0.250. The number of hydrogen-bond donors (Lipinski definition) is 1. The first-order chi connectivity index (χ1) is 8.83. The van der Waals surface area contributed by atoms with Crippen LogP contribution in [0.2, 0.25) is 5.02 Å². The quantitative estimate of drug-likeness (QED) is 0.863. The molecule has 1 aliphatic rings. The van der Waals surface area contributed by atoms with Crippen molar-refractivity contribution in [3.8, 4) is 11.1 Å². The van der Waals surface area contributed by atoms with Gasteiger partial charge in [-0.3, -0.25) is 0 Å². The molecule has 2 heteroatoms. The summed E-state index contributed by atoms with van der Waals surface area (Å²) in [6.07, 6.45) is 2.66. The van der Waals surface area contributed by atoms with Crippen LogP contribution in [0.25, 0.3) is 11.1 Å². The maximum Gasteiger partial charge on any atom is 0.0484 e. The molecule has 2 aromatic rings. The summed E-state index contributed by atoms with van der Waals surface area (Å²) in [6.45, 7) is 0.966. The van der Waals surface area contributed by atoms with Gasteiger partial charge in [-0.25, -0.2) is 0 Å². The first-order valence-corrected chi connectivity index (χ1v) is 6.78. The number of halogens is 1. The number of rotatable bonds is 4. The van der Waals surface area contributed by atoms with Crippen LogP contribution in [0.15, 0.2) is 48.5 Å². The molecule has 0 atom stereocenters. The molecule has 18 heavy (non-hydrogen) atoms. The standard InChI is InChI=1S/C16H16ClN/c17-16-4-2-1-3-15(16)13-7-5-12(6-8-13)11-18-14-9-10-14/h1-8,14,18H,9-11H2. The Hall–Kier alpha value is -1.31. The highest BCUT2D eigenvalue weighted by molar-refractivity contribution is 6.33. The highest BCUT2D eigenvalue weighted by atomic mass is 35.5. The summed E-state index contributed by atoms with van der Waals surface area (Å²) >= 11 is 6.20. The SMILES string of the molecule is Clc1ccccc1-c1ccc(CNC2CC2)cc1. The Bertz CT molecular complexity index is 529. The zero-order valence-electron chi connectivity index (χ0n) is 10.2. The summed E-state index contributed by atoms with van der Waals surface area (Å²) in [4.78, 5) is 0. The second kappa shape index (κ2) is 5.13. The molecular formula is C16H16ClN. The summed E-state index contributed by atoms with van der Waals surface area (Å²) < 4.78 is 0. The maximum absolute atomic E-state index is 6.20. The summed E-state index contributed by atoms with van der Waals surface area (Å²) in [5, 5.41) is 4.32. The van der Waals surface area contributed by atoms with Crippen LogP contribution in [0.5, 0.6) is 0 Å². The van der Waals surface area contributed by atoms with E-state index in [-0.39, 0.29) is 0 Å². The van der Waals surface area contributed by atoms with Gasteiger partial charge in [0.25, 0.3) is 0 Å². The minimum absolute atomic E-state index is 0.758. The lowest BCUT2D eigenvalue weighted by Gasteiger charge is -2.07. The van der Waals surface area contributed by atoms with Gasteiger partial charge >= 0.3 is 0 Å². The lowest BCUT2D eigenvalue weighted by Crippen LogP contribution is -2.14. The van der Waals surface area contributed by atoms with Gasteiger partial charge in [0.2, 0.25) is 0 Å². The van der Waals surface area contributed by atoms with Gasteiger partial charge in [0.05, 0.1) is 0 Å². The minimum Gasteiger partial charge on any atom is -0.310 e. The van der Waals surface area contributed by atoms with Crippen LogP contribution in [0.1, 0.15) is 18.4 Å². The van der Waals surface area contributed by atoms with Gasteiger partial charge in [0.1, 0.15) is 0 Å². The van der Waals surface area contributed by atoms with Crippen LogP contribution in [0.4, 0.5) is 0 Å². The van der Waals surface area contributed by atoms with Crippen molar-refractivity contribution in [1.82, 2.24) is 5.32 Å². The second-order valence-corrected chi connectivity index (χ2v) is 5.24. The maximum atomic E-state index is 6.20. The predicted octanol–water partition coefficient (Wildman–Crippen LogP) is 4.26. The highest BCUT2D eigenvalue weighted by Gasteiger charge is 2.19. The Labute approximate surface area is 113 Å². The molecule has 1 aliphatic carbocycles. The third kappa shape index (κ3) is 2.74. The Morgan fingerprint density at radius 1 is 1.00 bits per heavy atom. The monoisotopic (exact) mass is 257 g/mol. The van der Waals surface area contributed by atoms with Crippen molar-refractivity contribution in [2.45, 2.75) is 25.4 Å². The largest absolute Gasteiger partial charge is 0.310 e. The van der Waals surface area contributed by atoms with Crippen LogP contribution in [-0.2, 0) is 6.54 Å². The van der Waals surface area contributed by atoms with Gasteiger partial charge in [-0.15, -0.1) is 0 Å². The summed E-state index contributed by atoms with van der Waals surface area (Å²) in [7, 11) is 0. The third-order valence-electron chi connectivity index (χ3n) is 3.31. The zero-order valence-corrected chi connectivity index (χ0v) is 11.0. The van der Waals surface area contributed by atoms with Gasteiger partial charge < -0.3 is 5.32 Å². The van der Waals surface area contributed by atoms with E-state index in [0.29, 0.717) is 0 Å². The van der Waals surface area contributed by atoms with E-state index < -0.39 is 0 Å². The molecule has 1 N–H and O–H groups in total. The fourth-order valence-electron chi connectivity index (χ4n) is 2.05. The number of nitrogens with one attached hydrogen (secondary N) is 1. The van der Waals surface area contributed by atoms with Crippen molar-refractivity contribution >= 4 is 11.6 Å². The van der Waals surface area contributed by atoms with Crippen LogP contribution in [-0.4, -0.2) is 6.04 Å². The van der Waals surface area contributed by atoms with Crippen molar-refractivity contribution in [3.05, 3.63) is 59.1 Å². The van der Waals surface area contributed by atoms with E-state index in [1.165, 1.54) is 24.0 Å². The first-order valence-electron chi connectivity index (χ1n) is 6.40. The zero-order chi connectivity index (χ0) is 12.4. The molecule has 0 heterocycles. The molecule has 0 amide bonds. The van der Waals surface area contributed by atoms with E-state index in [4.69, 9.17) is 11.6 Å². The molecule has 0 saturated heterocycles. The normalized spacial score (nSPS) is 14.7. The lowest BCUT2D eigenvalue weighted by atomic mass is 10.0. The van der Waals surface area contributed by atoms with Crippen molar-refractivity contribution < 1.29 is 0 Å². The Kier molecular flexibility index (Phi) is 3.35. The van der Waals surface area contributed by atoms with Crippen LogP contribution >= 0.6 is 11.6 Å². The molecule has 2 aromatic carbocycles. The van der Waals surface area contributed by atoms with E-state index in [0.717, 1.165) is 23.2 Å².